The van der Waals surface area contributed by atoms with E-state index in [4.69, 9.17) is 0 Å². The minimum absolute atomic E-state index is 0.610. The quantitative estimate of drug-likeness (QED) is 0.527. The van der Waals surface area contributed by atoms with Crippen molar-refractivity contribution in [2.75, 3.05) is 11.9 Å². The molecule has 3 heterocycles. The molecule has 0 bridgehead atoms. The Bertz CT molecular complexity index is 1180. The van der Waals surface area contributed by atoms with Crippen LogP contribution in [0.3, 0.4) is 0 Å². The van der Waals surface area contributed by atoms with Crippen LogP contribution in [0.25, 0.3) is 33.4 Å². The molecular weight excluding hydrogens is 334 g/mol. The Morgan fingerprint density at radius 1 is 0.923 bits per heavy atom. The lowest BCUT2D eigenvalue weighted by atomic mass is 9.95. The van der Waals surface area contributed by atoms with Crippen LogP contribution in [0.4, 0.5) is 20.3 Å². The van der Waals surface area contributed by atoms with E-state index in [2.05, 4.69) is 15.0 Å². The van der Waals surface area contributed by atoms with Crippen LogP contribution in [-0.2, 0) is 0 Å². The summed E-state index contributed by atoms with van der Waals surface area (Å²) in [6, 6.07) is 11.4. The zero-order valence-electron chi connectivity index (χ0n) is 13.7. The summed E-state index contributed by atoms with van der Waals surface area (Å²) in [7, 11) is 1.90. The molecule has 0 radical (unpaired) electrons. The number of benzene rings is 2. The Kier molecular flexibility index (Phi) is 3.03. The lowest BCUT2D eigenvalue weighted by Gasteiger charge is -2.33. The molecule has 0 atom stereocenters. The van der Waals surface area contributed by atoms with Gasteiger partial charge < -0.3 is 4.90 Å². The molecule has 0 fully saturated rings. The molecule has 0 aliphatic carbocycles. The predicted molar refractivity (Wildman–Crippen MR) is 96.2 cm³/mol. The highest BCUT2D eigenvalue weighted by Gasteiger charge is 2.30. The predicted octanol–water partition coefficient (Wildman–Crippen LogP) is 4.72. The molecule has 2 aromatic carbocycles. The van der Waals surface area contributed by atoms with Gasteiger partial charge in [0, 0.05) is 30.6 Å². The van der Waals surface area contributed by atoms with Gasteiger partial charge in [0.05, 0.1) is 16.6 Å². The van der Waals surface area contributed by atoms with Gasteiger partial charge in [0.2, 0.25) is 0 Å². The zero-order valence-corrected chi connectivity index (χ0v) is 13.7. The molecule has 1 aliphatic heterocycles. The van der Waals surface area contributed by atoms with E-state index < -0.39 is 11.6 Å². The fourth-order valence-corrected chi connectivity index (χ4v) is 3.35. The van der Waals surface area contributed by atoms with Gasteiger partial charge in [0.25, 0.3) is 0 Å². The number of rotatable bonds is 2. The average molecular weight is 346 g/mol. The summed E-state index contributed by atoms with van der Waals surface area (Å²) in [5.74, 6) is -0.293. The molecule has 0 amide bonds. The lowest BCUT2D eigenvalue weighted by Crippen LogP contribution is -2.22. The smallest absolute Gasteiger partial charge is 0.163 e. The van der Waals surface area contributed by atoms with Crippen molar-refractivity contribution in [1.29, 1.82) is 0 Å². The minimum atomic E-state index is -0.861. The summed E-state index contributed by atoms with van der Waals surface area (Å²) in [4.78, 5) is 15.3. The molecule has 5 rings (SSSR count). The summed E-state index contributed by atoms with van der Waals surface area (Å²) >= 11 is 0. The van der Waals surface area contributed by atoms with Gasteiger partial charge in [-0.15, -0.1) is 0 Å². The molecule has 4 nitrogen and oxygen atoms in total. The molecule has 0 spiro atoms. The standard InChI is InChI=1S/C20H12F2N4/c1-26-18-13(11-4-6-14(21)15(22)9-11)5-7-16-17(18)20(26)25-19(24-16)12-3-2-8-23-10-12/h2-10H,1H3. The van der Waals surface area contributed by atoms with E-state index in [-0.39, 0.29) is 0 Å². The van der Waals surface area contributed by atoms with Gasteiger partial charge in [0.15, 0.2) is 17.5 Å². The van der Waals surface area contributed by atoms with Gasteiger partial charge >= 0.3 is 0 Å². The zero-order chi connectivity index (χ0) is 17.8. The highest BCUT2D eigenvalue weighted by molar-refractivity contribution is 6.15. The monoisotopic (exact) mass is 346 g/mol. The molecule has 0 N–H and O–H groups in total. The Balaban J connectivity index is 1.71. The summed E-state index contributed by atoms with van der Waals surface area (Å²) in [6.45, 7) is 0. The van der Waals surface area contributed by atoms with E-state index in [1.165, 1.54) is 6.07 Å². The molecule has 1 aliphatic rings. The average Bonchev–Trinajstić information content (AvgIpc) is 2.68. The van der Waals surface area contributed by atoms with Crippen LogP contribution in [0.5, 0.6) is 0 Å². The molecule has 26 heavy (non-hydrogen) atoms. The molecule has 0 saturated carbocycles. The summed E-state index contributed by atoms with van der Waals surface area (Å²) in [5, 5.41) is 0.933. The van der Waals surface area contributed by atoms with Crippen molar-refractivity contribution in [3.63, 3.8) is 0 Å². The first kappa shape index (κ1) is 14.9. The van der Waals surface area contributed by atoms with E-state index in [0.29, 0.717) is 11.4 Å². The van der Waals surface area contributed by atoms with Crippen LogP contribution in [0.15, 0.2) is 54.9 Å². The lowest BCUT2D eigenvalue weighted by molar-refractivity contribution is 0.509. The SMILES string of the molecule is CN1c2nc(-c3cccnc3)nc3ccc(-c4ccc(F)c(F)c4)c1c23. The number of halogens is 2. The largest absolute Gasteiger partial charge is 0.328 e. The van der Waals surface area contributed by atoms with Gasteiger partial charge in [0.1, 0.15) is 5.82 Å². The number of hydrogen-bond donors (Lipinski definition) is 0. The number of anilines is 2. The summed E-state index contributed by atoms with van der Waals surface area (Å²) < 4.78 is 26.9. The van der Waals surface area contributed by atoms with Gasteiger partial charge in [-0.05, 0) is 35.9 Å². The van der Waals surface area contributed by atoms with Gasteiger partial charge in [-0.25, -0.2) is 18.7 Å². The second kappa shape index (κ2) is 5.29. The first-order valence-electron chi connectivity index (χ1n) is 8.08. The van der Waals surface area contributed by atoms with Crippen molar-refractivity contribution < 1.29 is 8.78 Å². The molecule has 0 saturated heterocycles. The second-order valence-corrected chi connectivity index (χ2v) is 6.16. The fraction of sp³-hybridized carbons (Fsp3) is 0.0500. The third kappa shape index (κ3) is 2.02. The van der Waals surface area contributed by atoms with Gasteiger partial charge in [-0.3, -0.25) is 4.98 Å². The normalized spacial score (nSPS) is 12.3. The highest BCUT2D eigenvalue weighted by atomic mass is 19.2. The number of pyridine rings is 1. The maximum absolute atomic E-state index is 13.6. The van der Waals surface area contributed by atoms with Crippen molar-refractivity contribution in [3.8, 4) is 22.5 Å². The number of nitrogens with zero attached hydrogens (tertiary/aromatic N) is 4. The highest BCUT2D eigenvalue weighted by Crippen LogP contribution is 2.50. The van der Waals surface area contributed by atoms with E-state index in [9.17, 15) is 8.78 Å². The Hall–Kier alpha value is -3.41. The maximum atomic E-state index is 13.6. The molecule has 2 aromatic heterocycles. The second-order valence-electron chi connectivity index (χ2n) is 6.16. The first-order chi connectivity index (χ1) is 12.6. The van der Waals surface area contributed by atoms with Gasteiger partial charge in [-0.1, -0.05) is 12.1 Å². The molecule has 126 valence electrons. The molecular formula is C20H12F2N4. The number of hydrogen-bond acceptors (Lipinski definition) is 4. The Morgan fingerprint density at radius 3 is 2.58 bits per heavy atom. The van der Waals surface area contributed by atoms with Gasteiger partial charge in [-0.2, -0.15) is 0 Å². The minimum Gasteiger partial charge on any atom is -0.328 e. The third-order valence-corrected chi connectivity index (χ3v) is 4.62. The van der Waals surface area contributed by atoms with Crippen LogP contribution in [0.2, 0.25) is 0 Å². The number of aromatic nitrogens is 3. The molecule has 6 heteroatoms. The van der Waals surface area contributed by atoms with E-state index >= 15 is 0 Å². The Morgan fingerprint density at radius 2 is 1.81 bits per heavy atom. The van der Waals surface area contributed by atoms with Crippen LogP contribution in [0.1, 0.15) is 0 Å². The first-order valence-corrected chi connectivity index (χ1v) is 8.08. The van der Waals surface area contributed by atoms with Crippen molar-refractivity contribution in [1.82, 2.24) is 15.0 Å². The summed E-state index contributed by atoms with van der Waals surface area (Å²) in [5.41, 5.74) is 4.02. The van der Waals surface area contributed by atoms with Crippen molar-refractivity contribution in [3.05, 3.63) is 66.5 Å². The van der Waals surface area contributed by atoms with E-state index in [1.807, 2.05) is 36.2 Å². The van der Waals surface area contributed by atoms with Crippen LogP contribution in [0, 0.1) is 11.6 Å². The van der Waals surface area contributed by atoms with Crippen LogP contribution < -0.4 is 4.90 Å². The Labute approximate surface area is 147 Å². The van der Waals surface area contributed by atoms with Crippen molar-refractivity contribution in [2.45, 2.75) is 0 Å². The molecule has 4 aromatic rings. The van der Waals surface area contributed by atoms with Crippen molar-refractivity contribution in [2.24, 2.45) is 0 Å². The summed E-state index contributed by atoms with van der Waals surface area (Å²) in [6.07, 6.45) is 3.43. The van der Waals surface area contributed by atoms with E-state index in [1.54, 1.807) is 18.5 Å². The van der Waals surface area contributed by atoms with Crippen LogP contribution in [-0.4, -0.2) is 22.0 Å². The van der Waals surface area contributed by atoms with Crippen molar-refractivity contribution >= 4 is 22.4 Å². The van der Waals surface area contributed by atoms with E-state index in [0.717, 1.165) is 39.6 Å². The topological polar surface area (TPSA) is 41.9 Å². The molecule has 0 unspecified atom stereocenters. The fourth-order valence-electron chi connectivity index (χ4n) is 3.35. The maximum Gasteiger partial charge on any atom is 0.163 e. The van der Waals surface area contributed by atoms with Crippen LogP contribution >= 0.6 is 0 Å². The third-order valence-electron chi connectivity index (χ3n) is 4.62.